The number of aromatic nitrogens is 1. The van der Waals surface area contributed by atoms with Gasteiger partial charge in [0.1, 0.15) is 5.75 Å². The van der Waals surface area contributed by atoms with Gasteiger partial charge in [-0.3, -0.25) is 14.9 Å². The van der Waals surface area contributed by atoms with Gasteiger partial charge in [-0.05, 0) is 18.4 Å². The number of hydrogen-bond donors (Lipinski definition) is 1. The molecule has 1 aliphatic heterocycles. The molecular weight excluding hydrogens is 240 g/mol. The molecule has 90 valence electrons. The van der Waals surface area contributed by atoms with E-state index in [0.717, 1.165) is 5.03 Å². The third-order valence-corrected chi connectivity index (χ3v) is 3.05. The number of pyridine rings is 1. The lowest BCUT2D eigenvalue weighted by Crippen LogP contribution is -2.46. The van der Waals surface area contributed by atoms with Crippen LogP contribution in [0.4, 0.5) is 0 Å². The summed E-state index contributed by atoms with van der Waals surface area (Å²) in [6.45, 7) is 0. The molecule has 1 saturated heterocycles. The first kappa shape index (κ1) is 11.9. The van der Waals surface area contributed by atoms with Crippen molar-refractivity contribution < 1.29 is 14.3 Å². The van der Waals surface area contributed by atoms with Crippen LogP contribution < -0.4 is 10.1 Å². The van der Waals surface area contributed by atoms with Crippen molar-refractivity contribution in [3.63, 3.8) is 0 Å². The van der Waals surface area contributed by atoms with E-state index < -0.39 is 6.10 Å². The third kappa shape index (κ3) is 2.97. The molecule has 17 heavy (non-hydrogen) atoms. The first-order valence-corrected chi connectivity index (χ1v) is 6.42. The second-order valence-electron chi connectivity index (χ2n) is 3.59. The molecule has 1 unspecified atom stereocenters. The van der Waals surface area contributed by atoms with Gasteiger partial charge in [-0.15, -0.1) is 11.8 Å². The fourth-order valence-electron chi connectivity index (χ4n) is 1.51. The molecule has 1 aromatic rings. The van der Waals surface area contributed by atoms with Crippen LogP contribution in [-0.4, -0.2) is 29.2 Å². The Bertz CT molecular complexity index is 433. The molecular formula is C11H12N2O3S. The first-order chi connectivity index (χ1) is 8.19. The minimum absolute atomic E-state index is 0.245. The van der Waals surface area contributed by atoms with Gasteiger partial charge in [-0.2, -0.15) is 0 Å². The fourth-order valence-corrected chi connectivity index (χ4v) is 1.87. The van der Waals surface area contributed by atoms with Gasteiger partial charge in [-0.1, -0.05) is 0 Å². The number of ether oxygens (including phenoxy) is 1. The van der Waals surface area contributed by atoms with E-state index in [4.69, 9.17) is 4.74 Å². The van der Waals surface area contributed by atoms with Gasteiger partial charge in [0, 0.05) is 12.8 Å². The van der Waals surface area contributed by atoms with Gasteiger partial charge < -0.3 is 4.74 Å². The summed E-state index contributed by atoms with van der Waals surface area (Å²) in [7, 11) is 0. The van der Waals surface area contributed by atoms with E-state index in [9.17, 15) is 9.59 Å². The lowest BCUT2D eigenvalue weighted by Gasteiger charge is -2.21. The zero-order valence-corrected chi connectivity index (χ0v) is 10.1. The standard InChI is InChI=1S/C11H12N2O3S/c1-17-10-5-2-7(6-12-10)16-8-3-4-9(14)13-11(8)15/h2,5-6,8H,3-4H2,1H3,(H,13,14,15). The number of carbonyl (C=O) groups is 2. The molecule has 0 aromatic carbocycles. The zero-order chi connectivity index (χ0) is 12.3. The average Bonchev–Trinajstić information content (AvgIpc) is 2.34. The molecule has 0 saturated carbocycles. The largest absolute Gasteiger partial charge is 0.479 e. The Morgan fingerprint density at radius 3 is 2.88 bits per heavy atom. The maximum absolute atomic E-state index is 11.5. The summed E-state index contributed by atoms with van der Waals surface area (Å²) in [4.78, 5) is 26.5. The van der Waals surface area contributed by atoms with Crippen molar-refractivity contribution in [2.24, 2.45) is 0 Å². The van der Waals surface area contributed by atoms with Crippen LogP contribution in [0.15, 0.2) is 23.4 Å². The van der Waals surface area contributed by atoms with Crippen molar-refractivity contribution >= 4 is 23.6 Å². The third-order valence-electron chi connectivity index (χ3n) is 2.39. The minimum atomic E-state index is -0.602. The van der Waals surface area contributed by atoms with Gasteiger partial charge in [0.25, 0.3) is 5.91 Å². The van der Waals surface area contributed by atoms with Gasteiger partial charge in [0.15, 0.2) is 6.10 Å². The zero-order valence-electron chi connectivity index (χ0n) is 9.30. The summed E-state index contributed by atoms with van der Waals surface area (Å²) in [6, 6.07) is 3.59. The Balaban J connectivity index is 2.00. The van der Waals surface area contributed by atoms with E-state index >= 15 is 0 Å². The van der Waals surface area contributed by atoms with Gasteiger partial charge in [0.05, 0.1) is 11.2 Å². The van der Waals surface area contributed by atoms with Crippen LogP contribution >= 0.6 is 11.8 Å². The van der Waals surface area contributed by atoms with Gasteiger partial charge in [0.2, 0.25) is 5.91 Å². The molecule has 0 radical (unpaired) electrons. The lowest BCUT2D eigenvalue weighted by molar-refractivity contribution is -0.138. The molecule has 0 spiro atoms. The maximum Gasteiger partial charge on any atom is 0.267 e. The molecule has 5 nitrogen and oxygen atoms in total. The van der Waals surface area contributed by atoms with Crippen LogP contribution in [0, 0.1) is 0 Å². The number of imide groups is 1. The predicted octanol–water partition coefficient (Wildman–Crippen LogP) is 0.987. The molecule has 2 amide bonds. The average molecular weight is 252 g/mol. The fraction of sp³-hybridized carbons (Fsp3) is 0.364. The number of rotatable bonds is 3. The Morgan fingerprint density at radius 1 is 1.47 bits per heavy atom. The monoisotopic (exact) mass is 252 g/mol. The summed E-state index contributed by atoms with van der Waals surface area (Å²) < 4.78 is 5.48. The van der Waals surface area contributed by atoms with Crippen LogP contribution in [0.3, 0.4) is 0 Å². The van der Waals surface area contributed by atoms with E-state index in [-0.39, 0.29) is 11.8 Å². The number of nitrogens with zero attached hydrogens (tertiary/aromatic N) is 1. The molecule has 0 aliphatic carbocycles. The van der Waals surface area contributed by atoms with Crippen molar-refractivity contribution in [3.8, 4) is 5.75 Å². The summed E-state index contributed by atoms with van der Waals surface area (Å²) in [5.41, 5.74) is 0. The van der Waals surface area contributed by atoms with Crippen molar-refractivity contribution in [2.45, 2.75) is 24.0 Å². The molecule has 1 fully saturated rings. The van der Waals surface area contributed by atoms with Crippen LogP contribution in [0.25, 0.3) is 0 Å². The Hall–Kier alpha value is -1.56. The highest BCUT2D eigenvalue weighted by molar-refractivity contribution is 7.98. The molecule has 1 aliphatic rings. The maximum atomic E-state index is 11.5. The van der Waals surface area contributed by atoms with E-state index in [0.29, 0.717) is 18.6 Å². The van der Waals surface area contributed by atoms with Crippen LogP contribution in [-0.2, 0) is 9.59 Å². The number of thioether (sulfide) groups is 1. The van der Waals surface area contributed by atoms with Crippen molar-refractivity contribution in [2.75, 3.05) is 6.26 Å². The predicted molar refractivity (Wildman–Crippen MR) is 62.8 cm³/mol. The molecule has 1 N–H and O–H groups in total. The summed E-state index contributed by atoms with van der Waals surface area (Å²) in [5.74, 6) is -0.0850. The molecule has 1 atom stereocenters. The van der Waals surface area contributed by atoms with Crippen molar-refractivity contribution in [1.29, 1.82) is 0 Å². The number of carbonyl (C=O) groups excluding carboxylic acids is 2. The van der Waals surface area contributed by atoms with Crippen LogP contribution in [0.2, 0.25) is 0 Å². The van der Waals surface area contributed by atoms with E-state index in [2.05, 4.69) is 10.3 Å². The summed E-state index contributed by atoms with van der Waals surface area (Å²) >= 11 is 1.53. The van der Waals surface area contributed by atoms with E-state index in [1.165, 1.54) is 11.8 Å². The number of nitrogens with one attached hydrogen (secondary N) is 1. The van der Waals surface area contributed by atoms with Crippen LogP contribution in [0.1, 0.15) is 12.8 Å². The second-order valence-corrected chi connectivity index (χ2v) is 4.42. The molecule has 2 heterocycles. The SMILES string of the molecule is CSc1ccc(OC2CCC(=O)NC2=O)cn1. The molecule has 6 heteroatoms. The Labute approximate surface area is 103 Å². The van der Waals surface area contributed by atoms with Crippen molar-refractivity contribution in [1.82, 2.24) is 10.3 Å². The number of hydrogen-bond acceptors (Lipinski definition) is 5. The number of amides is 2. The summed E-state index contributed by atoms with van der Waals surface area (Å²) in [5, 5.41) is 3.13. The first-order valence-electron chi connectivity index (χ1n) is 5.19. The molecule has 2 rings (SSSR count). The smallest absolute Gasteiger partial charge is 0.267 e. The normalized spacial score (nSPS) is 19.9. The van der Waals surface area contributed by atoms with Gasteiger partial charge in [-0.25, -0.2) is 4.98 Å². The van der Waals surface area contributed by atoms with Crippen LogP contribution in [0.5, 0.6) is 5.75 Å². The van der Waals surface area contributed by atoms with Crippen molar-refractivity contribution in [3.05, 3.63) is 18.3 Å². The topological polar surface area (TPSA) is 68.3 Å². The Morgan fingerprint density at radius 2 is 2.29 bits per heavy atom. The highest BCUT2D eigenvalue weighted by Crippen LogP contribution is 2.18. The Kier molecular flexibility index (Phi) is 3.63. The van der Waals surface area contributed by atoms with E-state index in [1.54, 1.807) is 12.3 Å². The second kappa shape index (κ2) is 5.18. The highest BCUT2D eigenvalue weighted by Gasteiger charge is 2.28. The number of piperidine rings is 1. The van der Waals surface area contributed by atoms with Gasteiger partial charge >= 0.3 is 0 Å². The lowest BCUT2D eigenvalue weighted by atomic mass is 10.1. The minimum Gasteiger partial charge on any atom is -0.479 e. The summed E-state index contributed by atoms with van der Waals surface area (Å²) in [6.07, 6.45) is 3.63. The molecule has 0 bridgehead atoms. The molecule has 1 aromatic heterocycles. The van der Waals surface area contributed by atoms with E-state index in [1.807, 2.05) is 12.3 Å². The highest BCUT2D eigenvalue weighted by atomic mass is 32.2. The quantitative estimate of drug-likeness (QED) is 0.641.